The third kappa shape index (κ3) is 14.8. The largest absolute Gasteiger partial charge is 0.441 e. The molecular formula is C112H106N12O4+4. The van der Waals surface area contributed by atoms with Gasteiger partial charge in [0, 0.05) is 42.7 Å². The average molecular weight is 1680 g/mol. The lowest BCUT2D eigenvalue weighted by Crippen LogP contribution is -2.30. The molecule has 0 aliphatic rings. The number of rotatable bonds is 11. The number of nitrogens with zero attached hydrogens (tertiary/aromatic N) is 12. The number of fused-ring (bicyclic) bond motifs is 9. The van der Waals surface area contributed by atoms with E-state index >= 15 is 0 Å². The summed E-state index contributed by atoms with van der Waals surface area (Å²) in [6, 6.07) is 101. The van der Waals surface area contributed by atoms with Crippen LogP contribution in [0.3, 0.4) is 0 Å². The molecule has 0 aliphatic heterocycles. The van der Waals surface area contributed by atoms with E-state index in [0.717, 1.165) is 107 Å². The highest BCUT2D eigenvalue weighted by atomic mass is 16.4. The third-order valence-electron chi connectivity index (χ3n) is 25.1. The molecule has 22 rings (SSSR count). The lowest BCUT2D eigenvalue weighted by atomic mass is 9.88. The Balaban J connectivity index is 0.000000112. The molecule has 0 bridgehead atoms. The Morgan fingerprint density at radius 1 is 0.312 bits per heavy atom. The molecule has 22 aromatic rings. The standard InChI is InChI=1S/C35H36N3O.C29H24N3O.C27H22N3O.C21H24N3O/c1-21(2)27-18-26(25-13-9-8-10-14-25)19-28(22(3)4)34(27)38-32-16-12-11-15-31(32)37(7)35(38)29-20-30-33(17-23(29)5)39-24(6)36-30;1-19-17-28-25(30-20(2)33-28)18-24(19)29-31(3)26-11-7-8-12-27(26)32(29)23-15-13-22(14-16-23)21-9-5-4-6-10-21;1-17-15-26-22(28-18(2)31-26)16-21(17)27-29(3)24-12-6-7-13-25(24)30(27)23-14-8-10-19-9-4-5-11-20(19)23;1-13-11-18-15(22-20(25-18)21(2,3)4)12-14(13)19-23(5)16-9-7-8-10-17(16)24(19)6/h8-22H,1-7H3;4-18H,1-3H3;4-16H,1-3H3;7-12H,1-6H3/q4*+1. The zero-order chi connectivity index (χ0) is 89.0. The number of aryl methyl sites for hydroxylation is 12. The highest BCUT2D eigenvalue weighted by Crippen LogP contribution is 2.43. The first-order valence-electron chi connectivity index (χ1n) is 44.1. The molecule has 0 atom stereocenters. The van der Waals surface area contributed by atoms with E-state index in [2.05, 4.69) is 442 Å². The van der Waals surface area contributed by atoms with Crippen molar-refractivity contribution in [1.82, 2.24) is 38.2 Å². The molecule has 0 radical (unpaired) electrons. The second kappa shape index (κ2) is 32.9. The van der Waals surface area contributed by atoms with Crippen molar-refractivity contribution in [1.29, 1.82) is 0 Å². The van der Waals surface area contributed by atoms with Gasteiger partial charge >= 0.3 is 0 Å². The summed E-state index contributed by atoms with van der Waals surface area (Å²) < 4.78 is 42.0. The first-order chi connectivity index (χ1) is 61.7. The number of benzene rings is 14. The summed E-state index contributed by atoms with van der Waals surface area (Å²) in [5.74, 6) is 8.06. The number of hydrogen-bond acceptors (Lipinski definition) is 8. The van der Waals surface area contributed by atoms with E-state index in [1.807, 2.05) is 26.8 Å². The van der Waals surface area contributed by atoms with Gasteiger partial charge in [0.05, 0.1) is 57.5 Å². The molecule has 16 nitrogen and oxygen atoms in total. The molecule has 0 saturated heterocycles. The lowest BCUT2D eigenvalue weighted by molar-refractivity contribution is -0.634. The van der Waals surface area contributed by atoms with Gasteiger partial charge in [0.2, 0.25) is 5.89 Å². The molecule has 0 saturated carbocycles. The topological polar surface area (TPSA) is 139 Å². The molecule has 16 heteroatoms. The van der Waals surface area contributed by atoms with Gasteiger partial charge in [-0.05, 0) is 217 Å². The van der Waals surface area contributed by atoms with Gasteiger partial charge < -0.3 is 17.7 Å². The zero-order valence-electron chi connectivity index (χ0n) is 76.3. The number of para-hydroxylation sites is 8. The van der Waals surface area contributed by atoms with E-state index in [9.17, 15) is 0 Å². The van der Waals surface area contributed by atoms with Crippen LogP contribution in [0.1, 0.15) is 117 Å². The Kier molecular flexibility index (Phi) is 21.3. The van der Waals surface area contributed by atoms with Gasteiger partial charge in [0.25, 0.3) is 23.3 Å². The van der Waals surface area contributed by atoms with E-state index in [1.165, 1.54) is 117 Å². The normalized spacial score (nSPS) is 11.9. The predicted octanol–water partition coefficient (Wildman–Crippen LogP) is 25.8. The molecule has 634 valence electrons. The third-order valence-corrected chi connectivity index (χ3v) is 25.1. The molecular weight excluding hydrogens is 1580 g/mol. The van der Waals surface area contributed by atoms with Crippen molar-refractivity contribution in [3.8, 4) is 84.9 Å². The van der Waals surface area contributed by atoms with Crippen LogP contribution in [0, 0.1) is 48.5 Å². The van der Waals surface area contributed by atoms with E-state index in [-0.39, 0.29) is 5.41 Å². The van der Waals surface area contributed by atoms with Crippen LogP contribution in [-0.4, -0.2) is 38.2 Å². The van der Waals surface area contributed by atoms with Gasteiger partial charge in [0.1, 0.15) is 39.1 Å². The van der Waals surface area contributed by atoms with Gasteiger partial charge in [-0.15, -0.1) is 0 Å². The summed E-state index contributed by atoms with van der Waals surface area (Å²) in [4.78, 5) is 18.6. The minimum absolute atomic E-state index is 0.0998. The van der Waals surface area contributed by atoms with E-state index in [0.29, 0.717) is 29.5 Å². The van der Waals surface area contributed by atoms with Crippen LogP contribution in [0.25, 0.3) is 184 Å². The minimum Gasteiger partial charge on any atom is -0.441 e. The monoisotopic (exact) mass is 1680 g/mol. The molecule has 14 aromatic carbocycles. The Bertz CT molecular complexity index is 8000. The molecule has 0 amide bonds. The maximum Gasteiger partial charge on any atom is 0.295 e. The summed E-state index contributed by atoms with van der Waals surface area (Å²) in [7, 11) is 10.7. The smallest absolute Gasteiger partial charge is 0.295 e. The van der Waals surface area contributed by atoms with Crippen molar-refractivity contribution in [3.05, 3.63) is 342 Å². The van der Waals surface area contributed by atoms with Crippen LogP contribution in [-0.2, 0) is 40.7 Å². The highest BCUT2D eigenvalue weighted by Gasteiger charge is 2.36. The van der Waals surface area contributed by atoms with Crippen molar-refractivity contribution >= 4 is 99.3 Å². The Morgan fingerprint density at radius 3 is 1.11 bits per heavy atom. The highest BCUT2D eigenvalue weighted by molar-refractivity contribution is 5.95. The van der Waals surface area contributed by atoms with E-state index in [4.69, 9.17) is 22.7 Å². The molecule has 0 N–H and O–H groups in total. The quantitative estimate of drug-likeness (QED) is 0.117. The Hall–Kier alpha value is -14.9. The average Bonchev–Trinajstić information content (AvgIpc) is 1.60. The van der Waals surface area contributed by atoms with Gasteiger partial charge in [-0.2, -0.15) is 13.7 Å². The van der Waals surface area contributed by atoms with E-state index < -0.39 is 0 Å². The molecule has 0 fully saturated rings. The first kappa shape index (κ1) is 82.7. The van der Waals surface area contributed by atoms with Crippen molar-refractivity contribution in [2.24, 2.45) is 35.2 Å². The summed E-state index contributed by atoms with van der Waals surface area (Å²) in [5, 5.41) is 2.45. The van der Waals surface area contributed by atoms with Crippen molar-refractivity contribution in [2.75, 3.05) is 0 Å². The number of aromatic nitrogens is 12. The Morgan fingerprint density at radius 2 is 0.656 bits per heavy atom. The van der Waals surface area contributed by atoms with Crippen molar-refractivity contribution in [2.45, 2.75) is 114 Å². The van der Waals surface area contributed by atoms with Crippen LogP contribution >= 0.6 is 0 Å². The van der Waals surface area contributed by atoms with Gasteiger partial charge in [-0.1, -0.05) is 206 Å². The fourth-order valence-electron chi connectivity index (χ4n) is 18.8. The fraction of sp³-hybridized carbons (Fsp3) is 0.196. The van der Waals surface area contributed by atoms with Crippen molar-refractivity contribution < 1.29 is 35.9 Å². The van der Waals surface area contributed by atoms with Crippen molar-refractivity contribution in [3.63, 3.8) is 0 Å². The summed E-state index contributed by atoms with van der Waals surface area (Å²) in [5.41, 5.74) is 36.8. The van der Waals surface area contributed by atoms with E-state index in [1.54, 1.807) is 0 Å². The van der Waals surface area contributed by atoms with Crippen LogP contribution in [0.15, 0.2) is 303 Å². The van der Waals surface area contributed by atoms with Gasteiger partial charge in [-0.3, -0.25) is 0 Å². The summed E-state index contributed by atoms with van der Waals surface area (Å²) in [6.07, 6.45) is 0. The fourth-order valence-corrected chi connectivity index (χ4v) is 18.8. The van der Waals surface area contributed by atoms with Crippen LogP contribution < -0.4 is 18.3 Å². The molecule has 8 aromatic heterocycles. The predicted molar refractivity (Wildman–Crippen MR) is 518 cm³/mol. The van der Waals surface area contributed by atoms with Crippen LogP contribution in [0.4, 0.5) is 0 Å². The molecule has 128 heavy (non-hydrogen) atoms. The summed E-state index contributed by atoms with van der Waals surface area (Å²) in [6.45, 7) is 29.8. The maximum atomic E-state index is 6.00. The SMILES string of the molecule is Cc1cc2oc(C(C)(C)C)nc2cc1-c1n(C)c2ccccc2[n+]1C.Cc1nc2cc(-c3n(-c4c(C(C)C)cc(-c5ccccc5)cc4C(C)C)c4ccccc4[n+]3C)c(C)cc2o1.Cc1nc2cc(-c3n(-c4ccc(-c5ccccc5)cc4)c4ccccc4[n+]3C)c(C)cc2o1.Cc1nc2cc(-c3n(-c4cccc5ccccc45)c4ccccc4[n+]3C)c(C)cc2o1. The minimum atomic E-state index is -0.0998. The van der Waals surface area contributed by atoms with Gasteiger partial charge in [0.15, 0.2) is 84.1 Å². The number of oxazole rings is 4. The lowest BCUT2D eigenvalue weighted by Gasteiger charge is -2.21. The van der Waals surface area contributed by atoms with Gasteiger partial charge in [-0.25, -0.2) is 42.8 Å². The molecule has 0 aliphatic carbocycles. The zero-order valence-corrected chi connectivity index (χ0v) is 76.3. The molecule has 8 heterocycles. The number of imidazole rings is 4. The van der Waals surface area contributed by atoms with Crippen LogP contribution in [0.5, 0.6) is 0 Å². The Labute approximate surface area is 745 Å². The van der Waals surface area contributed by atoms with Crippen LogP contribution in [0.2, 0.25) is 0 Å². The molecule has 0 unspecified atom stereocenters. The maximum absolute atomic E-state index is 6.00. The first-order valence-corrected chi connectivity index (χ1v) is 44.1. The number of hydrogen-bond donors (Lipinski definition) is 0. The second-order valence-electron chi connectivity index (χ2n) is 35.6. The molecule has 0 spiro atoms. The summed E-state index contributed by atoms with van der Waals surface area (Å²) >= 11 is 0. The second-order valence-corrected chi connectivity index (χ2v) is 35.6.